The molecule has 0 bridgehead atoms. The van der Waals surface area contributed by atoms with Gasteiger partial charge in [-0.05, 0) is 29.3 Å². The summed E-state index contributed by atoms with van der Waals surface area (Å²) in [5.41, 5.74) is -2.54. The number of aliphatic hydroxyl groups excluding tert-OH is 2. The fraction of sp³-hybridized carbons (Fsp3) is 0.459. The van der Waals surface area contributed by atoms with Crippen LogP contribution in [0, 0.1) is 19.8 Å². The molecule has 17 nitrogen and oxygen atoms in total. The van der Waals surface area contributed by atoms with Crippen molar-refractivity contribution in [3.63, 3.8) is 0 Å². The Balaban J connectivity index is 0.00000620. The standard InChI is InChI=1S/C37H47N4O13PSi.K/c1-22-17-40(35(46)38-32(22)44)30-16-27(54-56(37(3,4)5,24-12-8-6-9-13-24)25-14-10-7-11-15-25)29(51-30)21-50-55(48,49)53-31-26(19-42)28(20-43)52-34(31)41-18-23(2)33(45)39-36(41)47;/h6-15,17-18,26-31,34,42-43H,16,19-21H2,1-5H3,(H,48,49)(H,38,44,46)(H,39,45,47);/q;+1/p-1/t26-,27+,28-,29-,30-,31-,34-;/m1./s1. The van der Waals surface area contributed by atoms with Gasteiger partial charge in [-0.3, -0.25) is 33.3 Å². The maximum atomic E-state index is 13.7. The SMILES string of the molecule is Cc1cn([C@@H]2O[C@H](CO)[C@@H](CO)[C@H]2OP(=O)([O-])OC[C@H]2O[C@@H](n3cc(C)c(=O)[nH]c3=O)C[C@@H]2O[Si](c2ccccc2)(c2ccccc2)C(C)(C)C)c(=O)[nH]c1=O.[K+]. The van der Waals surface area contributed by atoms with E-state index in [1.807, 2.05) is 60.7 Å². The molecule has 0 spiro atoms. The number of aromatic amines is 2. The summed E-state index contributed by atoms with van der Waals surface area (Å²) in [7, 11) is -8.66. The van der Waals surface area contributed by atoms with E-state index < -0.39 is 106 Å². The number of ether oxygens (including phenoxy) is 2. The number of H-pyrrole nitrogens is 2. The van der Waals surface area contributed by atoms with Gasteiger partial charge in [-0.2, -0.15) is 0 Å². The van der Waals surface area contributed by atoms with Gasteiger partial charge in [0.15, 0.2) is 6.23 Å². The minimum atomic E-state index is -5.37. The van der Waals surface area contributed by atoms with Gasteiger partial charge in [-0.1, -0.05) is 81.4 Å². The molecule has 0 aliphatic carbocycles. The molecule has 20 heteroatoms. The summed E-state index contributed by atoms with van der Waals surface area (Å²) in [6.45, 7) is 7.18. The Morgan fingerprint density at radius 2 is 1.37 bits per heavy atom. The van der Waals surface area contributed by atoms with Crippen LogP contribution in [0.1, 0.15) is 50.8 Å². The number of aliphatic hydroxyl groups is 2. The molecule has 302 valence electrons. The van der Waals surface area contributed by atoms with E-state index in [4.69, 9.17) is 22.9 Å². The first kappa shape index (κ1) is 45.6. The fourth-order valence-corrected chi connectivity index (χ4v) is 13.2. The van der Waals surface area contributed by atoms with Gasteiger partial charge < -0.3 is 38.1 Å². The molecule has 2 aromatic carbocycles. The number of aromatic nitrogens is 4. The molecular formula is C37H46KN4O13PSi. The minimum absolute atomic E-state index is 0. The third kappa shape index (κ3) is 9.48. The van der Waals surface area contributed by atoms with Gasteiger partial charge in [0.1, 0.15) is 18.4 Å². The molecule has 6 rings (SSSR count). The number of nitrogens with one attached hydrogen (secondary N) is 2. The summed E-state index contributed by atoms with van der Waals surface area (Å²) < 4.78 is 46.3. The Hall–Kier alpha value is -2.44. The zero-order valence-electron chi connectivity index (χ0n) is 32.5. The summed E-state index contributed by atoms with van der Waals surface area (Å²) in [5, 5.41) is 21.6. The number of hydrogen-bond acceptors (Lipinski definition) is 13. The van der Waals surface area contributed by atoms with Crippen molar-refractivity contribution in [1.82, 2.24) is 19.1 Å². The quantitative estimate of drug-likeness (QED) is 0.0794. The molecular weight excluding hydrogens is 807 g/mol. The predicted octanol–water partition coefficient (Wildman–Crippen LogP) is -2.69. The number of phosphoric ester groups is 1. The molecule has 0 saturated carbocycles. The fourth-order valence-electron chi connectivity index (χ4n) is 7.52. The van der Waals surface area contributed by atoms with E-state index in [9.17, 15) is 38.8 Å². The Bertz CT molecular complexity index is 2260. The van der Waals surface area contributed by atoms with Crippen LogP contribution in [-0.2, 0) is 27.5 Å². The van der Waals surface area contributed by atoms with Crippen molar-refractivity contribution in [2.75, 3.05) is 19.8 Å². The number of hydrogen-bond donors (Lipinski definition) is 4. The Morgan fingerprint density at radius 1 is 0.842 bits per heavy atom. The van der Waals surface area contributed by atoms with Crippen molar-refractivity contribution in [3.05, 3.63) is 126 Å². The van der Waals surface area contributed by atoms with E-state index in [1.165, 1.54) is 24.6 Å². The van der Waals surface area contributed by atoms with E-state index in [-0.39, 0.29) is 68.9 Å². The maximum absolute atomic E-state index is 13.7. The molecule has 8 atom stereocenters. The van der Waals surface area contributed by atoms with E-state index in [1.54, 1.807) is 0 Å². The Morgan fingerprint density at radius 3 is 1.88 bits per heavy atom. The summed E-state index contributed by atoms with van der Waals surface area (Å²) in [6, 6.07) is 19.4. The van der Waals surface area contributed by atoms with Crippen molar-refractivity contribution in [2.45, 2.75) is 82.9 Å². The molecule has 2 saturated heterocycles. The second-order valence-electron chi connectivity index (χ2n) is 15.0. The molecule has 1 unspecified atom stereocenters. The average molecular weight is 853 g/mol. The Kier molecular flexibility index (Phi) is 14.8. The van der Waals surface area contributed by atoms with Crippen molar-refractivity contribution >= 4 is 26.5 Å². The van der Waals surface area contributed by atoms with Crippen molar-refractivity contribution in [1.29, 1.82) is 0 Å². The zero-order chi connectivity index (χ0) is 40.6. The van der Waals surface area contributed by atoms with Crippen molar-refractivity contribution in [2.24, 2.45) is 5.92 Å². The molecule has 0 amide bonds. The van der Waals surface area contributed by atoms with E-state index in [2.05, 4.69) is 30.7 Å². The third-order valence-corrected chi connectivity index (χ3v) is 16.4. The second kappa shape index (κ2) is 18.4. The monoisotopic (exact) mass is 852 g/mol. The van der Waals surface area contributed by atoms with Crippen molar-refractivity contribution in [3.8, 4) is 0 Å². The third-order valence-electron chi connectivity index (χ3n) is 10.3. The molecule has 2 aromatic heterocycles. The van der Waals surface area contributed by atoms with Crippen LogP contribution in [0.3, 0.4) is 0 Å². The summed E-state index contributed by atoms with van der Waals surface area (Å²) in [4.78, 5) is 68.3. The van der Waals surface area contributed by atoms with Gasteiger partial charge in [0.05, 0.1) is 32.0 Å². The van der Waals surface area contributed by atoms with Crippen LogP contribution < -0.4 is 89.1 Å². The van der Waals surface area contributed by atoms with Crippen LogP contribution >= 0.6 is 7.82 Å². The topological polar surface area (TPSA) is 236 Å². The summed E-state index contributed by atoms with van der Waals surface area (Å²) in [6.07, 6.45) is -4.63. The molecule has 4 N–H and O–H groups in total. The van der Waals surface area contributed by atoms with Gasteiger partial charge in [0.25, 0.3) is 27.3 Å². The molecule has 4 heterocycles. The number of phosphoric acid groups is 1. The van der Waals surface area contributed by atoms with Crippen LogP contribution in [0.5, 0.6) is 0 Å². The van der Waals surface area contributed by atoms with E-state index >= 15 is 0 Å². The van der Waals surface area contributed by atoms with Crippen LogP contribution in [-0.4, -0.2) is 81.9 Å². The molecule has 4 aromatic rings. The van der Waals surface area contributed by atoms with Crippen molar-refractivity contribution < 1.29 is 94.0 Å². The first-order valence-corrected chi connectivity index (χ1v) is 21.5. The first-order valence-electron chi connectivity index (χ1n) is 18.1. The van der Waals surface area contributed by atoms with Gasteiger partial charge in [0.2, 0.25) is 0 Å². The molecule has 2 aliphatic heterocycles. The normalized spacial score (nSPS) is 24.9. The molecule has 0 radical (unpaired) electrons. The molecule has 2 aliphatic rings. The zero-order valence-corrected chi connectivity index (χ0v) is 37.5. The number of nitrogens with zero attached hydrogens (tertiary/aromatic N) is 2. The molecule has 2 fully saturated rings. The van der Waals surface area contributed by atoms with Crippen LogP contribution in [0.25, 0.3) is 0 Å². The van der Waals surface area contributed by atoms with Gasteiger partial charge in [-0.25, -0.2) is 9.59 Å². The summed E-state index contributed by atoms with van der Waals surface area (Å²) in [5.74, 6) is -1.14. The number of benzene rings is 2. The van der Waals surface area contributed by atoms with Crippen LogP contribution in [0.15, 0.2) is 92.2 Å². The first-order chi connectivity index (χ1) is 26.5. The smallest absolute Gasteiger partial charge is 0.756 e. The van der Waals surface area contributed by atoms with Crippen LogP contribution in [0.2, 0.25) is 5.04 Å². The second-order valence-corrected chi connectivity index (χ2v) is 20.7. The van der Waals surface area contributed by atoms with E-state index in [0.717, 1.165) is 21.1 Å². The van der Waals surface area contributed by atoms with Gasteiger partial charge >= 0.3 is 62.8 Å². The van der Waals surface area contributed by atoms with E-state index in [0.29, 0.717) is 0 Å². The maximum Gasteiger partial charge on any atom is 1.00 e. The largest absolute Gasteiger partial charge is 1.00 e. The number of aryl methyl sites for hydroxylation is 2. The average Bonchev–Trinajstić information content (AvgIpc) is 3.72. The van der Waals surface area contributed by atoms with Gasteiger partial charge in [-0.15, -0.1) is 0 Å². The predicted molar refractivity (Wildman–Crippen MR) is 203 cm³/mol. The van der Waals surface area contributed by atoms with Crippen LogP contribution in [0.4, 0.5) is 0 Å². The molecule has 57 heavy (non-hydrogen) atoms. The number of rotatable bonds is 13. The summed E-state index contributed by atoms with van der Waals surface area (Å²) >= 11 is 0. The van der Waals surface area contributed by atoms with Gasteiger partial charge in [0, 0.05) is 35.9 Å². The Labute approximate surface area is 371 Å². The minimum Gasteiger partial charge on any atom is -0.756 e.